The molecule has 2 amide bonds. The van der Waals surface area contributed by atoms with Crippen LogP contribution in [-0.4, -0.2) is 29.9 Å². The third kappa shape index (κ3) is 3.82. The molecule has 4 nitrogen and oxygen atoms in total. The highest BCUT2D eigenvalue weighted by Crippen LogP contribution is 2.31. The highest BCUT2D eigenvalue weighted by Gasteiger charge is 2.37. The van der Waals surface area contributed by atoms with Gasteiger partial charge >= 0.3 is 0 Å². The Morgan fingerprint density at radius 2 is 1.70 bits per heavy atom. The van der Waals surface area contributed by atoms with Gasteiger partial charge in [0.05, 0.1) is 6.54 Å². The second-order valence-electron chi connectivity index (χ2n) is 5.76. The van der Waals surface area contributed by atoms with Gasteiger partial charge in [0, 0.05) is 17.3 Å². The molecule has 0 atom stereocenters. The van der Waals surface area contributed by atoms with Crippen LogP contribution in [0.3, 0.4) is 0 Å². The first-order chi connectivity index (χ1) is 9.37. The third-order valence-corrected chi connectivity index (χ3v) is 3.79. The minimum Gasteiger partial charge on any atom is -0.492 e. The number of carbonyl (C=O) groups is 2. The largest absolute Gasteiger partial charge is 0.492 e. The summed E-state index contributed by atoms with van der Waals surface area (Å²) in [7, 11) is 0. The number of amides is 2. The number of carbonyl (C=O) groups excluding carboxylic acids is 2. The first kappa shape index (κ1) is 15.0. The van der Waals surface area contributed by atoms with Crippen molar-refractivity contribution < 1.29 is 14.3 Å². The van der Waals surface area contributed by atoms with Crippen molar-refractivity contribution in [3.63, 3.8) is 0 Å². The van der Waals surface area contributed by atoms with E-state index in [1.165, 1.54) is 4.90 Å². The van der Waals surface area contributed by atoms with E-state index >= 15 is 0 Å². The van der Waals surface area contributed by atoms with Gasteiger partial charge in [0.25, 0.3) is 0 Å². The van der Waals surface area contributed by atoms with Gasteiger partial charge in [-0.1, -0.05) is 29.8 Å². The molecule has 0 radical (unpaired) electrons. The van der Waals surface area contributed by atoms with Gasteiger partial charge in [-0.3, -0.25) is 14.5 Å². The normalized spacial score (nSPS) is 18.2. The fourth-order valence-electron chi connectivity index (χ4n) is 2.25. The molecule has 1 aromatic carbocycles. The van der Waals surface area contributed by atoms with Crippen molar-refractivity contribution in [2.75, 3.05) is 13.2 Å². The Morgan fingerprint density at radius 3 is 2.25 bits per heavy atom. The van der Waals surface area contributed by atoms with Crippen molar-refractivity contribution in [3.8, 4) is 5.75 Å². The summed E-state index contributed by atoms with van der Waals surface area (Å²) in [6.45, 7) is 4.51. The molecule has 2 rings (SSSR count). The number of halogens is 1. The summed E-state index contributed by atoms with van der Waals surface area (Å²) in [5, 5.41) is 0. The van der Waals surface area contributed by atoms with E-state index in [0.717, 1.165) is 10.2 Å². The van der Waals surface area contributed by atoms with E-state index in [0.29, 0.717) is 26.0 Å². The lowest BCUT2D eigenvalue weighted by atomic mass is 9.82. The van der Waals surface area contributed by atoms with Crippen LogP contribution in [0.4, 0.5) is 0 Å². The van der Waals surface area contributed by atoms with Crippen LogP contribution in [-0.2, 0) is 9.59 Å². The third-order valence-electron chi connectivity index (χ3n) is 3.26. The monoisotopic (exact) mass is 339 g/mol. The molecule has 108 valence electrons. The molecule has 0 bridgehead atoms. The van der Waals surface area contributed by atoms with Gasteiger partial charge in [0.15, 0.2) is 0 Å². The van der Waals surface area contributed by atoms with Gasteiger partial charge in [-0.2, -0.15) is 0 Å². The van der Waals surface area contributed by atoms with Gasteiger partial charge in [-0.15, -0.1) is 0 Å². The Bertz CT molecular complexity index is 490. The molecular formula is C15H18BrNO3. The second-order valence-corrected chi connectivity index (χ2v) is 6.67. The zero-order valence-electron chi connectivity index (χ0n) is 11.7. The minimum atomic E-state index is -0.225. The summed E-state index contributed by atoms with van der Waals surface area (Å²) in [5.74, 6) is 0.516. The van der Waals surface area contributed by atoms with Crippen LogP contribution in [0.15, 0.2) is 28.7 Å². The lowest BCUT2D eigenvalue weighted by Gasteiger charge is -2.34. The van der Waals surface area contributed by atoms with Crippen molar-refractivity contribution in [2.45, 2.75) is 26.7 Å². The van der Waals surface area contributed by atoms with E-state index in [1.807, 2.05) is 38.1 Å². The SMILES string of the molecule is CC1(C)CC(=O)N(CCOc2ccc(Br)cc2)C(=O)C1. The van der Waals surface area contributed by atoms with Crippen LogP contribution in [0.1, 0.15) is 26.7 Å². The van der Waals surface area contributed by atoms with E-state index in [4.69, 9.17) is 4.74 Å². The predicted molar refractivity (Wildman–Crippen MR) is 79.4 cm³/mol. The average molecular weight is 340 g/mol. The van der Waals surface area contributed by atoms with E-state index in [-0.39, 0.29) is 17.2 Å². The lowest BCUT2D eigenvalue weighted by molar-refractivity contribution is -0.152. The summed E-state index contributed by atoms with van der Waals surface area (Å²) in [5.41, 5.74) is -0.225. The standard InChI is InChI=1S/C15H18BrNO3/c1-15(2)9-13(18)17(14(19)10-15)7-8-20-12-5-3-11(16)4-6-12/h3-6H,7-10H2,1-2H3. The quantitative estimate of drug-likeness (QED) is 0.792. The zero-order chi connectivity index (χ0) is 14.8. The highest BCUT2D eigenvalue weighted by atomic mass is 79.9. The number of hydrogen-bond acceptors (Lipinski definition) is 3. The van der Waals surface area contributed by atoms with Gasteiger partial charge < -0.3 is 4.74 Å². The van der Waals surface area contributed by atoms with Crippen molar-refractivity contribution in [1.82, 2.24) is 4.90 Å². The van der Waals surface area contributed by atoms with Crippen molar-refractivity contribution in [3.05, 3.63) is 28.7 Å². The smallest absolute Gasteiger partial charge is 0.229 e. The molecule has 1 aliphatic rings. The minimum absolute atomic E-state index is 0.106. The molecule has 0 saturated carbocycles. The van der Waals surface area contributed by atoms with E-state index in [2.05, 4.69) is 15.9 Å². The van der Waals surface area contributed by atoms with E-state index in [1.54, 1.807) is 0 Å². The maximum absolute atomic E-state index is 12.0. The molecule has 1 aliphatic heterocycles. The Kier molecular flexibility index (Phi) is 4.48. The molecule has 0 spiro atoms. The molecule has 20 heavy (non-hydrogen) atoms. The average Bonchev–Trinajstić information content (AvgIpc) is 2.33. The summed E-state index contributed by atoms with van der Waals surface area (Å²) in [4.78, 5) is 25.2. The first-order valence-corrected chi connectivity index (χ1v) is 7.38. The molecule has 0 N–H and O–H groups in total. The molecule has 1 fully saturated rings. The number of likely N-dealkylation sites (tertiary alicyclic amines) is 1. The van der Waals surface area contributed by atoms with E-state index < -0.39 is 0 Å². The van der Waals surface area contributed by atoms with Gasteiger partial charge in [-0.05, 0) is 29.7 Å². The summed E-state index contributed by atoms with van der Waals surface area (Å²) >= 11 is 3.35. The Hall–Kier alpha value is -1.36. The molecular weight excluding hydrogens is 322 g/mol. The topological polar surface area (TPSA) is 46.6 Å². The second kappa shape index (κ2) is 5.95. The van der Waals surface area contributed by atoms with Gasteiger partial charge in [0.2, 0.25) is 11.8 Å². The van der Waals surface area contributed by atoms with Gasteiger partial charge in [0.1, 0.15) is 12.4 Å². The summed E-state index contributed by atoms with van der Waals surface area (Å²) in [6, 6.07) is 7.45. The van der Waals surface area contributed by atoms with Crippen LogP contribution < -0.4 is 4.74 Å². The van der Waals surface area contributed by atoms with Gasteiger partial charge in [-0.25, -0.2) is 0 Å². The molecule has 0 unspecified atom stereocenters. The maximum atomic E-state index is 12.0. The predicted octanol–water partition coefficient (Wildman–Crippen LogP) is 3.00. The van der Waals surface area contributed by atoms with Crippen molar-refractivity contribution in [1.29, 1.82) is 0 Å². The van der Waals surface area contributed by atoms with Crippen molar-refractivity contribution in [2.24, 2.45) is 5.41 Å². The van der Waals surface area contributed by atoms with Crippen LogP contribution >= 0.6 is 15.9 Å². The number of ether oxygens (including phenoxy) is 1. The Balaban J connectivity index is 1.86. The number of hydrogen-bond donors (Lipinski definition) is 0. The lowest BCUT2D eigenvalue weighted by Crippen LogP contribution is -2.47. The summed E-state index contributed by atoms with van der Waals surface area (Å²) < 4.78 is 6.53. The van der Waals surface area contributed by atoms with E-state index in [9.17, 15) is 9.59 Å². The zero-order valence-corrected chi connectivity index (χ0v) is 13.3. The van der Waals surface area contributed by atoms with Crippen LogP contribution in [0.5, 0.6) is 5.75 Å². The van der Waals surface area contributed by atoms with Crippen LogP contribution in [0.25, 0.3) is 0 Å². The Morgan fingerprint density at radius 1 is 1.15 bits per heavy atom. The molecule has 1 saturated heterocycles. The first-order valence-electron chi connectivity index (χ1n) is 6.59. The number of piperidine rings is 1. The number of benzene rings is 1. The molecule has 5 heteroatoms. The van der Waals surface area contributed by atoms with Crippen LogP contribution in [0, 0.1) is 5.41 Å². The number of imide groups is 1. The van der Waals surface area contributed by atoms with Crippen LogP contribution in [0.2, 0.25) is 0 Å². The fourth-order valence-corrected chi connectivity index (χ4v) is 2.51. The maximum Gasteiger partial charge on any atom is 0.229 e. The number of rotatable bonds is 4. The fraction of sp³-hybridized carbons (Fsp3) is 0.467. The molecule has 1 heterocycles. The molecule has 0 aliphatic carbocycles. The number of nitrogens with zero attached hydrogens (tertiary/aromatic N) is 1. The van der Waals surface area contributed by atoms with Crippen molar-refractivity contribution >= 4 is 27.7 Å². The Labute approximate surface area is 127 Å². The molecule has 1 aromatic rings. The highest BCUT2D eigenvalue weighted by molar-refractivity contribution is 9.10. The molecule has 0 aromatic heterocycles. The summed E-state index contributed by atoms with van der Waals surface area (Å²) in [6.07, 6.45) is 0.827.